The fraction of sp³-hybridized carbons (Fsp3) is 0.263. The van der Waals surface area contributed by atoms with Crippen LogP contribution in [0.4, 0.5) is 0 Å². The molecule has 1 atom stereocenters. The average Bonchev–Trinajstić information content (AvgIpc) is 2.62. The number of fused-ring (bicyclic) bond motifs is 1. The standard InChI is InChI=1S/C19H18N2O3/c1-2-3-10-24-18-14(12-22)8-9-16(23)17(18)19-20-11-13-6-4-5-7-15(13)21-19/h4-9,11-12,17H,2-3,10H2,1H3. The lowest BCUT2D eigenvalue weighted by Crippen LogP contribution is -2.22. The monoisotopic (exact) mass is 322 g/mol. The number of allylic oxidation sites excluding steroid dienone is 4. The van der Waals surface area contributed by atoms with Crippen LogP contribution < -0.4 is 0 Å². The Morgan fingerprint density at radius 2 is 2.08 bits per heavy atom. The minimum absolute atomic E-state index is 0.178. The number of aldehydes is 1. The predicted molar refractivity (Wildman–Crippen MR) is 90.4 cm³/mol. The van der Waals surface area contributed by atoms with Crippen LogP contribution in [-0.2, 0) is 14.3 Å². The molecule has 5 heteroatoms. The van der Waals surface area contributed by atoms with Crippen molar-refractivity contribution in [2.45, 2.75) is 25.7 Å². The van der Waals surface area contributed by atoms with Crippen LogP contribution >= 0.6 is 0 Å². The van der Waals surface area contributed by atoms with Gasteiger partial charge in [-0.1, -0.05) is 31.5 Å². The zero-order valence-corrected chi connectivity index (χ0v) is 13.4. The molecular formula is C19H18N2O3. The summed E-state index contributed by atoms with van der Waals surface area (Å²) >= 11 is 0. The highest BCUT2D eigenvalue weighted by atomic mass is 16.5. The van der Waals surface area contributed by atoms with E-state index in [1.807, 2.05) is 31.2 Å². The van der Waals surface area contributed by atoms with Gasteiger partial charge in [0, 0.05) is 11.6 Å². The zero-order valence-electron chi connectivity index (χ0n) is 13.4. The van der Waals surface area contributed by atoms with Gasteiger partial charge in [0.25, 0.3) is 0 Å². The summed E-state index contributed by atoms with van der Waals surface area (Å²) in [4.78, 5) is 32.6. The van der Waals surface area contributed by atoms with E-state index in [1.54, 1.807) is 6.20 Å². The van der Waals surface area contributed by atoms with Crippen LogP contribution in [-0.4, -0.2) is 28.6 Å². The Morgan fingerprint density at radius 1 is 1.25 bits per heavy atom. The molecule has 2 aromatic rings. The van der Waals surface area contributed by atoms with E-state index in [1.165, 1.54) is 12.2 Å². The molecule has 0 spiro atoms. The molecule has 0 fully saturated rings. The molecule has 0 N–H and O–H groups in total. The van der Waals surface area contributed by atoms with Crippen molar-refractivity contribution in [1.29, 1.82) is 0 Å². The largest absolute Gasteiger partial charge is 0.496 e. The Morgan fingerprint density at radius 3 is 2.88 bits per heavy atom. The Bertz CT molecular complexity index is 839. The van der Waals surface area contributed by atoms with Crippen molar-refractivity contribution in [3.8, 4) is 0 Å². The molecule has 1 aromatic heterocycles. The summed E-state index contributed by atoms with van der Waals surface area (Å²) in [6, 6.07) is 7.56. The second-order valence-electron chi connectivity index (χ2n) is 5.60. The summed E-state index contributed by atoms with van der Waals surface area (Å²) < 4.78 is 5.77. The number of nitrogens with zero attached hydrogens (tertiary/aromatic N) is 2. The van der Waals surface area contributed by atoms with Crippen LogP contribution in [0.15, 0.2) is 53.9 Å². The molecule has 0 radical (unpaired) electrons. The van der Waals surface area contributed by atoms with Gasteiger partial charge < -0.3 is 4.74 Å². The van der Waals surface area contributed by atoms with Crippen LogP contribution in [0.3, 0.4) is 0 Å². The summed E-state index contributed by atoms with van der Waals surface area (Å²) in [5.41, 5.74) is 1.12. The molecule has 0 aliphatic heterocycles. The topological polar surface area (TPSA) is 69.2 Å². The fourth-order valence-electron chi connectivity index (χ4n) is 2.61. The van der Waals surface area contributed by atoms with Gasteiger partial charge in [0.2, 0.25) is 0 Å². The second-order valence-corrected chi connectivity index (χ2v) is 5.60. The number of aromatic nitrogens is 2. The van der Waals surface area contributed by atoms with Gasteiger partial charge in [0.1, 0.15) is 17.5 Å². The predicted octanol–water partition coefficient (Wildman–Crippen LogP) is 3.12. The lowest BCUT2D eigenvalue weighted by Gasteiger charge is -2.22. The van der Waals surface area contributed by atoms with Crippen molar-refractivity contribution in [3.63, 3.8) is 0 Å². The van der Waals surface area contributed by atoms with E-state index < -0.39 is 5.92 Å². The average molecular weight is 322 g/mol. The number of hydrogen-bond donors (Lipinski definition) is 0. The molecule has 1 aliphatic rings. The first kappa shape index (κ1) is 16.1. The molecule has 1 unspecified atom stereocenters. The highest BCUT2D eigenvalue weighted by Crippen LogP contribution is 2.31. The number of benzene rings is 1. The zero-order chi connectivity index (χ0) is 16.9. The molecule has 3 rings (SSSR count). The van der Waals surface area contributed by atoms with Gasteiger partial charge in [0.15, 0.2) is 12.1 Å². The van der Waals surface area contributed by atoms with Crippen LogP contribution in [0, 0.1) is 0 Å². The molecule has 24 heavy (non-hydrogen) atoms. The first-order valence-electron chi connectivity index (χ1n) is 8.00. The second kappa shape index (κ2) is 7.17. The van der Waals surface area contributed by atoms with Crippen molar-refractivity contribution in [2.24, 2.45) is 0 Å². The van der Waals surface area contributed by atoms with Gasteiger partial charge >= 0.3 is 0 Å². The maximum atomic E-state index is 12.4. The summed E-state index contributed by atoms with van der Waals surface area (Å²) in [5.74, 6) is -0.242. The van der Waals surface area contributed by atoms with Gasteiger partial charge in [-0.3, -0.25) is 9.59 Å². The first-order chi connectivity index (χ1) is 11.7. The number of rotatable bonds is 6. The Balaban J connectivity index is 2.03. The molecule has 5 nitrogen and oxygen atoms in total. The molecule has 1 aromatic carbocycles. The third kappa shape index (κ3) is 3.11. The lowest BCUT2D eigenvalue weighted by atomic mass is 9.92. The number of carbonyl (C=O) groups is 2. The van der Waals surface area contributed by atoms with Crippen LogP contribution in [0.25, 0.3) is 10.9 Å². The fourth-order valence-corrected chi connectivity index (χ4v) is 2.61. The molecular weight excluding hydrogens is 304 g/mol. The van der Waals surface area contributed by atoms with Crippen molar-refractivity contribution in [3.05, 3.63) is 59.8 Å². The van der Waals surface area contributed by atoms with Crippen molar-refractivity contribution < 1.29 is 14.3 Å². The highest BCUT2D eigenvalue weighted by Gasteiger charge is 2.32. The smallest absolute Gasteiger partial charge is 0.174 e. The van der Waals surface area contributed by atoms with Gasteiger partial charge in [0.05, 0.1) is 17.7 Å². The van der Waals surface area contributed by atoms with E-state index >= 15 is 0 Å². The SMILES string of the molecule is CCCCOC1=C(C=O)C=CC(=O)C1c1ncc2ccccc2n1. The molecule has 1 heterocycles. The van der Waals surface area contributed by atoms with E-state index in [2.05, 4.69) is 9.97 Å². The van der Waals surface area contributed by atoms with Gasteiger partial charge in [-0.25, -0.2) is 9.97 Å². The van der Waals surface area contributed by atoms with E-state index in [0.29, 0.717) is 30.0 Å². The number of hydrogen-bond acceptors (Lipinski definition) is 5. The molecule has 122 valence electrons. The van der Waals surface area contributed by atoms with Gasteiger partial charge in [-0.15, -0.1) is 0 Å². The van der Waals surface area contributed by atoms with E-state index in [0.717, 1.165) is 23.7 Å². The number of ether oxygens (including phenoxy) is 1. The highest BCUT2D eigenvalue weighted by molar-refractivity contribution is 6.02. The molecule has 0 saturated heterocycles. The van der Waals surface area contributed by atoms with E-state index in [-0.39, 0.29) is 5.78 Å². The molecule has 1 aliphatic carbocycles. The minimum Gasteiger partial charge on any atom is -0.496 e. The van der Waals surface area contributed by atoms with Crippen molar-refractivity contribution in [2.75, 3.05) is 6.61 Å². The molecule has 0 saturated carbocycles. The Hall–Kier alpha value is -2.82. The first-order valence-corrected chi connectivity index (χ1v) is 8.00. The minimum atomic E-state index is -0.767. The summed E-state index contributed by atoms with van der Waals surface area (Å²) in [5, 5.41) is 0.896. The van der Waals surface area contributed by atoms with Gasteiger partial charge in [-0.2, -0.15) is 0 Å². The van der Waals surface area contributed by atoms with E-state index in [4.69, 9.17) is 4.74 Å². The Kier molecular flexibility index (Phi) is 4.79. The molecule has 0 amide bonds. The van der Waals surface area contributed by atoms with Crippen LogP contribution in [0.5, 0.6) is 0 Å². The summed E-state index contributed by atoms with van der Waals surface area (Å²) in [6.45, 7) is 2.50. The number of carbonyl (C=O) groups excluding carboxylic acids is 2. The van der Waals surface area contributed by atoms with Crippen molar-refractivity contribution in [1.82, 2.24) is 9.97 Å². The number of ketones is 1. The number of para-hydroxylation sites is 1. The van der Waals surface area contributed by atoms with Gasteiger partial charge in [-0.05, 0) is 24.6 Å². The van der Waals surface area contributed by atoms with Crippen molar-refractivity contribution >= 4 is 23.0 Å². The third-order valence-electron chi connectivity index (χ3n) is 3.91. The molecule has 0 bridgehead atoms. The van der Waals surface area contributed by atoms with Crippen LogP contribution in [0.1, 0.15) is 31.5 Å². The van der Waals surface area contributed by atoms with Crippen LogP contribution in [0.2, 0.25) is 0 Å². The third-order valence-corrected chi connectivity index (χ3v) is 3.91. The maximum Gasteiger partial charge on any atom is 0.174 e. The normalized spacial score (nSPS) is 17.4. The maximum absolute atomic E-state index is 12.4. The Labute approximate surface area is 140 Å². The number of unbranched alkanes of at least 4 members (excludes halogenated alkanes) is 1. The quantitative estimate of drug-likeness (QED) is 0.604. The summed E-state index contributed by atoms with van der Waals surface area (Å²) in [7, 11) is 0. The lowest BCUT2D eigenvalue weighted by molar-refractivity contribution is -0.116. The van der Waals surface area contributed by atoms with E-state index in [9.17, 15) is 9.59 Å². The summed E-state index contributed by atoms with van der Waals surface area (Å²) in [6.07, 6.45) is 7.09.